The predicted molar refractivity (Wildman–Crippen MR) is 69.1 cm³/mol. The predicted octanol–water partition coefficient (Wildman–Crippen LogP) is 2.94. The number of hydrogen-bond donors (Lipinski definition) is 1. The molecule has 1 aromatic rings. The Morgan fingerprint density at radius 1 is 1.42 bits per heavy atom. The van der Waals surface area contributed by atoms with Crippen molar-refractivity contribution in [3.05, 3.63) is 63.6 Å². The van der Waals surface area contributed by atoms with Gasteiger partial charge in [-0.15, -0.1) is 0 Å². The van der Waals surface area contributed by atoms with E-state index >= 15 is 0 Å². The number of nitro benzene ring substituents is 1. The summed E-state index contributed by atoms with van der Waals surface area (Å²) < 4.78 is 13.6. The van der Waals surface area contributed by atoms with Crippen molar-refractivity contribution in [3.63, 3.8) is 0 Å². The van der Waals surface area contributed by atoms with E-state index in [1.165, 1.54) is 6.07 Å². The maximum absolute atomic E-state index is 13.6. The third-order valence-corrected chi connectivity index (χ3v) is 2.33. The van der Waals surface area contributed by atoms with Gasteiger partial charge in [-0.05, 0) is 26.0 Å². The van der Waals surface area contributed by atoms with Gasteiger partial charge in [0.2, 0.25) is 0 Å². The third kappa shape index (κ3) is 3.48. The molecule has 0 unspecified atom stereocenters. The molecule has 5 nitrogen and oxygen atoms in total. The van der Waals surface area contributed by atoms with Crippen LogP contribution < -0.4 is 5.32 Å². The topological polar surface area (TPSA) is 72.2 Å². The fourth-order valence-corrected chi connectivity index (χ4v) is 1.47. The van der Waals surface area contributed by atoms with E-state index in [-0.39, 0.29) is 0 Å². The summed E-state index contributed by atoms with van der Waals surface area (Å²) in [6, 6.07) is 3.28. The normalized spacial score (nSPS) is 11.6. The van der Waals surface area contributed by atoms with E-state index in [4.69, 9.17) is 0 Å². The SMILES string of the molecule is C/C=C\C(=C/C)NC(=O)c1c(F)cccc1[N+](=O)[O-]. The molecule has 0 bridgehead atoms. The third-order valence-electron chi connectivity index (χ3n) is 2.33. The first-order valence-electron chi connectivity index (χ1n) is 5.54. The molecule has 0 aliphatic heterocycles. The second kappa shape index (κ2) is 6.44. The van der Waals surface area contributed by atoms with Gasteiger partial charge in [-0.25, -0.2) is 4.39 Å². The lowest BCUT2D eigenvalue weighted by molar-refractivity contribution is -0.385. The second-order valence-corrected chi connectivity index (χ2v) is 3.59. The van der Waals surface area contributed by atoms with Crippen LogP contribution in [0.3, 0.4) is 0 Å². The molecule has 1 rings (SSSR count). The van der Waals surface area contributed by atoms with E-state index in [0.29, 0.717) is 5.70 Å². The molecule has 0 aliphatic carbocycles. The number of allylic oxidation sites excluding steroid dienone is 3. The highest BCUT2D eigenvalue weighted by Crippen LogP contribution is 2.21. The number of benzene rings is 1. The van der Waals surface area contributed by atoms with E-state index in [0.717, 1.165) is 12.1 Å². The van der Waals surface area contributed by atoms with Crippen molar-refractivity contribution in [2.45, 2.75) is 13.8 Å². The lowest BCUT2D eigenvalue weighted by Gasteiger charge is -2.07. The first kappa shape index (κ1) is 14.6. The van der Waals surface area contributed by atoms with E-state index in [9.17, 15) is 19.3 Å². The van der Waals surface area contributed by atoms with Gasteiger partial charge in [0, 0.05) is 11.8 Å². The molecule has 0 spiro atoms. The standard InChI is InChI=1S/C13H13FN2O3/c1-3-6-9(4-2)15-13(17)12-10(14)7-5-8-11(12)16(18)19/h3-8H,1-2H3,(H,15,17)/b6-3-,9-4+. The summed E-state index contributed by atoms with van der Waals surface area (Å²) in [5.74, 6) is -1.78. The number of nitrogens with one attached hydrogen (secondary N) is 1. The zero-order valence-electron chi connectivity index (χ0n) is 10.5. The molecule has 0 aromatic heterocycles. The number of rotatable bonds is 4. The van der Waals surface area contributed by atoms with Crippen LogP contribution in [0.2, 0.25) is 0 Å². The lowest BCUT2D eigenvalue weighted by atomic mass is 10.1. The van der Waals surface area contributed by atoms with E-state index in [1.54, 1.807) is 32.1 Å². The molecule has 19 heavy (non-hydrogen) atoms. The van der Waals surface area contributed by atoms with Crippen molar-refractivity contribution in [2.24, 2.45) is 0 Å². The molecule has 0 saturated carbocycles. The van der Waals surface area contributed by atoms with Crippen LogP contribution in [0.4, 0.5) is 10.1 Å². The van der Waals surface area contributed by atoms with Crippen LogP contribution in [-0.2, 0) is 0 Å². The smallest absolute Gasteiger partial charge is 0.285 e. The number of carbonyl (C=O) groups is 1. The summed E-state index contributed by atoms with van der Waals surface area (Å²) in [6.07, 6.45) is 4.89. The quantitative estimate of drug-likeness (QED) is 0.516. The Balaban J connectivity index is 3.16. The molecule has 0 atom stereocenters. The summed E-state index contributed by atoms with van der Waals surface area (Å²) >= 11 is 0. The molecule has 0 heterocycles. The lowest BCUT2D eigenvalue weighted by Crippen LogP contribution is -2.24. The zero-order valence-corrected chi connectivity index (χ0v) is 10.5. The molecule has 0 fully saturated rings. The van der Waals surface area contributed by atoms with Crippen molar-refractivity contribution in [2.75, 3.05) is 0 Å². The Kier molecular flexibility index (Phi) is 4.93. The minimum atomic E-state index is -0.928. The molecule has 1 aromatic carbocycles. The molecule has 1 N–H and O–H groups in total. The Labute approximate surface area is 109 Å². The highest BCUT2D eigenvalue weighted by atomic mass is 19.1. The molecular weight excluding hydrogens is 251 g/mol. The Morgan fingerprint density at radius 2 is 2.11 bits per heavy atom. The van der Waals surface area contributed by atoms with E-state index in [2.05, 4.69) is 5.32 Å². The van der Waals surface area contributed by atoms with Gasteiger partial charge in [0.05, 0.1) is 4.92 Å². The Morgan fingerprint density at radius 3 is 2.63 bits per heavy atom. The van der Waals surface area contributed by atoms with Crippen molar-refractivity contribution >= 4 is 11.6 Å². The minimum absolute atomic E-state index is 0.435. The summed E-state index contributed by atoms with van der Waals surface area (Å²) in [6.45, 7) is 3.44. The molecule has 6 heteroatoms. The van der Waals surface area contributed by atoms with Gasteiger partial charge in [-0.3, -0.25) is 14.9 Å². The van der Waals surface area contributed by atoms with Crippen molar-refractivity contribution < 1.29 is 14.1 Å². The van der Waals surface area contributed by atoms with Gasteiger partial charge in [-0.1, -0.05) is 18.2 Å². The van der Waals surface area contributed by atoms with Gasteiger partial charge in [-0.2, -0.15) is 0 Å². The average molecular weight is 264 g/mol. The van der Waals surface area contributed by atoms with Gasteiger partial charge < -0.3 is 5.32 Å². The van der Waals surface area contributed by atoms with Gasteiger partial charge in [0.15, 0.2) is 5.56 Å². The molecule has 0 aliphatic rings. The largest absolute Gasteiger partial charge is 0.322 e. The van der Waals surface area contributed by atoms with Crippen LogP contribution >= 0.6 is 0 Å². The number of nitrogens with zero attached hydrogens (tertiary/aromatic N) is 1. The highest BCUT2D eigenvalue weighted by Gasteiger charge is 2.24. The molecule has 100 valence electrons. The van der Waals surface area contributed by atoms with Crippen LogP contribution in [0.1, 0.15) is 24.2 Å². The summed E-state index contributed by atoms with van der Waals surface area (Å²) in [5.41, 5.74) is -0.699. The first-order chi connectivity index (χ1) is 9.01. The van der Waals surface area contributed by atoms with Gasteiger partial charge in [0.25, 0.3) is 11.6 Å². The second-order valence-electron chi connectivity index (χ2n) is 3.59. The highest BCUT2D eigenvalue weighted by molar-refractivity contribution is 5.99. The maximum Gasteiger partial charge on any atom is 0.285 e. The summed E-state index contributed by atoms with van der Waals surface area (Å²) in [5, 5.41) is 13.2. The molecule has 0 radical (unpaired) electrons. The van der Waals surface area contributed by atoms with Crippen molar-refractivity contribution in [1.82, 2.24) is 5.32 Å². The maximum atomic E-state index is 13.6. The summed E-state index contributed by atoms with van der Waals surface area (Å²) in [4.78, 5) is 21.9. The Bertz CT molecular complexity index is 565. The van der Waals surface area contributed by atoms with Crippen LogP contribution in [0.5, 0.6) is 0 Å². The van der Waals surface area contributed by atoms with Crippen LogP contribution in [-0.4, -0.2) is 10.8 Å². The van der Waals surface area contributed by atoms with Crippen LogP contribution in [0.15, 0.2) is 42.1 Å². The number of carbonyl (C=O) groups excluding carboxylic acids is 1. The molecular formula is C13H13FN2O3. The van der Waals surface area contributed by atoms with Gasteiger partial charge >= 0.3 is 0 Å². The fraction of sp³-hybridized carbons (Fsp3) is 0.154. The summed E-state index contributed by atoms with van der Waals surface area (Å²) in [7, 11) is 0. The number of hydrogen-bond acceptors (Lipinski definition) is 3. The first-order valence-corrected chi connectivity index (χ1v) is 5.54. The molecule has 1 amide bonds. The van der Waals surface area contributed by atoms with Crippen molar-refractivity contribution in [3.8, 4) is 0 Å². The number of amides is 1. The monoisotopic (exact) mass is 264 g/mol. The average Bonchev–Trinajstić information content (AvgIpc) is 2.37. The molecule has 0 saturated heterocycles. The fourth-order valence-electron chi connectivity index (χ4n) is 1.47. The van der Waals surface area contributed by atoms with Gasteiger partial charge in [0.1, 0.15) is 5.82 Å². The Hall–Kier alpha value is -2.50. The number of halogens is 1. The van der Waals surface area contributed by atoms with Crippen LogP contribution in [0.25, 0.3) is 0 Å². The van der Waals surface area contributed by atoms with E-state index < -0.39 is 27.9 Å². The van der Waals surface area contributed by atoms with E-state index in [1.807, 2.05) is 0 Å². The zero-order chi connectivity index (χ0) is 14.4. The van der Waals surface area contributed by atoms with Crippen LogP contribution in [0, 0.1) is 15.9 Å². The minimum Gasteiger partial charge on any atom is -0.322 e. The number of nitro groups is 1. The van der Waals surface area contributed by atoms with Crippen molar-refractivity contribution in [1.29, 1.82) is 0 Å².